The third kappa shape index (κ3) is 11.9. The minimum absolute atomic E-state index is 0.0234. The maximum Gasteiger partial charge on any atom is 0.397 e. The molecule has 0 atom stereocenters. The first-order valence-electron chi connectivity index (χ1n) is 15.4. The number of hydrogen-bond acceptors (Lipinski definition) is 21. The van der Waals surface area contributed by atoms with Gasteiger partial charge in [-0.2, -0.15) is 33.7 Å². The van der Waals surface area contributed by atoms with Gasteiger partial charge in [0.1, 0.15) is 38.3 Å². The Labute approximate surface area is 335 Å². The van der Waals surface area contributed by atoms with Crippen LogP contribution in [-0.4, -0.2) is 113 Å². The summed E-state index contributed by atoms with van der Waals surface area (Å²) in [4.78, 5) is -3.40. The second-order valence-electron chi connectivity index (χ2n) is 11.3. The standard InChI is InChI=1S/C28H29N5O20S6/c1-29-21-7-5-18-19(26(21)32-30-20-6-3-17(14-24(20)56(39,40)41)55(37,38)12-10-53-59(48,49)50)15-25(57(42,43)44)27(28(18)51-2)33-31-22-13-16(4-8-23(22)34)54(35,36)11-9-52-58(45,46)47/h3-8,13-15,29,34H,9-12H2,1-2H3,(H,39,40,41)(H,42,43,44)(H,45,46,47)(H,48,49,50). The molecular formula is C28H29N5O20S6. The van der Waals surface area contributed by atoms with Crippen molar-refractivity contribution in [2.45, 2.75) is 19.6 Å². The van der Waals surface area contributed by atoms with Crippen LogP contribution in [0, 0.1) is 0 Å². The molecule has 0 aliphatic heterocycles. The molecule has 31 heteroatoms. The highest BCUT2D eigenvalue weighted by Gasteiger charge is 2.27. The highest BCUT2D eigenvalue weighted by atomic mass is 32.3. The number of ether oxygens (including phenoxy) is 1. The second-order valence-corrected chi connectivity index (χ2v) is 20.5. The van der Waals surface area contributed by atoms with Gasteiger partial charge in [0.15, 0.2) is 25.4 Å². The third-order valence-electron chi connectivity index (χ3n) is 7.50. The van der Waals surface area contributed by atoms with Gasteiger partial charge in [0.05, 0.1) is 47.3 Å². The van der Waals surface area contributed by atoms with Crippen LogP contribution >= 0.6 is 0 Å². The lowest BCUT2D eigenvalue weighted by Crippen LogP contribution is -2.16. The fourth-order valence-corrected chi connectivity index (χ4v) is 9.28. The number of benzene rings is 4. The predicted molar refractivity (Wildman–Crippen MR) is 202 cm³/mol. The predicted octanol–water partition coefficient (Wildman–Crippen LogP) is 3.11. The van der Waals surface area contributed by atoms with Gasteiger partial charge >= 0.3 is 20.8 Å². The smallest absolute Gasteiger partial charge is 0.397 e. The first kappa shape index (κ1) is 46.9. The highest BCUT2D eigenvalue weighted by Crippen LogP contribution is 2.47. The second kappa shape index (κ2) is 17.4. The molecule has 0 fully saturated rings. The van der Waals surface area contributed by atoms with E-state index in [1.807, 2.05) is 0 Å². The van der Waals surface area contributed by atoms with Gasteiger partial charge in [0.25, 0.3) is 20.2 Å². The number of fused-ring (bicyclic) bond motifs is 1. The molecule has 6 N–H and O–H groups in total. The largest absolute Gasteiger partial charge is 0.506 e. The molecule has 322 valence electrons. The van der Waals surface area contributed by atoms with E-state index in [9.17, 15) is 64.7 Å². The number of rotatable bonds is 18. The van der Waals surface area contributed by atoms with Crippen LogP contribution in [0.1, 0.15) is 0 Å². The Morgan fingerprint density at radius 3 is 1.59 bits per heavy atom. The van der Waals surface area contributed by atoms with Gasteiger partial charge < -0.3 is 15.2 Å². The van der Waals surface area contributed by atoms with E-state index in [-0.39, 0.29) is 22.1 Å². The maximum atomic E-state index is 12.8. The Balaban J connectivity index is 1.87. The van der Waals surface area contributed by atoms with Crippen LogP contribution < -0.4 is 10.1 Å². The molecule has 4 rings (SSSR count). The first-order chi connectivity index (χ1) is 27.1. The average molecular weight is 948 g/mol. The van der Waals surface area contributed by atoms with Crippen LogP contribution in [0.4, 0.5) is 28.4 Å². The molecule has 0 aliphatic carbocycles. The number of phenols is 1. The van der Waals surface area contributed by atoms with Crippen molar-refractivity contribution in [3.05, 3.63) is 54.6 Å². The number of sulfone groups is 2. The summed E-state index contributed by atoms with van der Waals surface area (Å²) in [5.74, 6) is -3.13. The zero-order valence-electron chi connectivity index (χ0n) is 29.6. The Kier molecular flexibility index (Phi) is 13.8. The van der Waals surface area contributed by atoms with Crippen molar-refractivity contribution >= 4 is 99.9 Å². The number of phenolic OH excluding ortho intramolecular Hbond substituents is 1. The molecule has 0 unspecified atom stereocenters. The summed E-state index contributed by atoms with van der Waals surface area (Å²) in [6.07, 6.45) is 0. The monoisotopic (exact) mass is 947 g/mol. The Morgan fingerprint density at radius 1 is 0.576 bits per heavy atom. The fraction of sp³-hybridized carbons (Fsp3) is 0.214. The first-order valence-corrected chi connectivity index (χ1v) is 24.3. The van der Waals surface area contributed by atoms with E-state index in [0.717, 1.165) is 43.5 Å². The molecular weight excluding hydrogens is 919 g/mol. The number of anilines is 1. The lowest BCUT2D eigenvalue weighted by molar-refractivity contribution is 0.282. The topological polar surface area (TPSA) is 395 Å². The SMILES string of the molecule is CNc1ccc2c(OC)c(N=Nc3cc(S(=O)(=O)CCOS(=O)(=O)O)ccc3O)c(S(=O)(=O)O)cc2c1N=Nc1ccc(S(=O)(=O)CCOS(=O)(=O)O)cc1S(=O)(=O)O. The number of azo groups is 2. The molecule has 25 nitrogen and oxygen atoms in total. The molecule has 0 spiro atoms. The van der Waals surface area contributed by atoms with Crippen molar-refractivity contribution in [2.24, 2.45) is 20.5 Å². The number of hydrogen-bond donors (Lipinski definition) is 6. The van der Waals surface area contributed by atoms with Crippen LogP contribution in [0.25, 0.3) is 10.8 Å². The van der Waals surface area contributed by atoms with Crippen molar-refractivity contribution in [1.29, 1.82) is 0 Å². The summed E-state index contributed by atoms with van der Waals surface area (Å²) in [5, 5.41) is 28.3. The summed E-state index contributed by atoms with van der Waals surface area (Å²) < 4.78 is 195. The molecule has 0 saturated heterocycles. The van der Waals surface area contributed by atoms with Gasteiger partial charge in [0.2, 0.25) is 0 Å². The number of nitrogens with one attached hydrogen (secondary N) is 1. The van der Waals surface area contributed by atoms with Crippen LogP contribution in [0.2, 0.25) is 0 Å². The van der Waals surface area contributed by atoms with Crippen molar-refractivity contribution in [1.82, 2.24) is 0 Å². The normalized spacial score (nSPS) is 13.4. The molecule has 4 aromatic carbocycles. The van der Waals surface area contributed by atoms with Gasteiger partial charge in [-0.05, 0) is 54.6 Å². The molecule has 0 bridgehead atoms. The summed E-state index contributed by atoms with van der Waals surface area (Å²) in [6, 6.07) is 8.19. The zero-order chi connectivity index (χ0) is 44.4. The molecule has 0 amide bonds. The van der Waals surface area contributed by atoms with Gasteiger partial charge in [-0.15, -0.1) is 20.5 Å². The van der Waals surface area contributed by atoms with E-state index in [1.54, 1.807) is 0 Å². The van der Waals surface area contributed by atoms with Gasteiger partial charge in [0, 0.05) is 17.8 Å². The van der Waals surface area contributed by atoms with Crippen molar-refractivity contribution < 1.29 is 86.9 Å². The van der Waals surface area contributed by atoms with Gasteiger partial charge in [-0.25, -0.2) is 25.2 Å². The van der Waals surface area contributed by atoms with Crippen LogP contribution in [0.15, 0.2) is 94.6 Å². The Morgan fingerprint density at radius 2 is 1.08 bits per heavy atom. The molecule has 4 aromatic rings. The molecule has 0 heterocycles. The minimum atomic E-state index is -5.28. The quantitative estimate of drug-likeness (QED) is 0.0616. The minimum Gasteiger partial charge on any atom is -0.506 e. The van der Waals surface area contributed by atoms with E-state index in [2.05, 4.69) is 34.1 Å². The van der Waals surface area contributed by atoms with Crippen molar-refractivity contribution in [3.63, 3.8) is 0 Å². The summed E-state index contributed by atoms with van der Waals surface area (Å²) in [7, 11) is -26.9. The molecule has 0 saturated carbocycles. The molecule has 0 aliphatic rings. The summed E-state index contributed by atoms with van der Waals surface area (Å²) in [5.41, 5.74) is -2.14. The van der Waals surface area contributed by atoms with Crippen LogP contribution in [0.3, 0.4) is 0 Å². The Bertz CT molecular complexity index is 3070. The highest BCUT2D eigenvalue weighted by molar-refractivity contribution is 7.92. The maximum absolute atomic E-state index is 12.8. The lowest BCUT2D eigenvalue weighted by atomic mass is 10.0. The fourth-order valence-electron chi connectivity index (χ4n) is 4.89. The Hall–Kier alpha value is -4.80. The van der Waals surface area contributed by atoms with E-state index in [1.165, 1.54) is 19.2 Å². The molecule has 0 radical (unpaired) electrons. The van der Waals surface area contributed by atoms with E-state index in [0.29, 0.717) is 6.07 Å². The molecule has 0 aromatic heterocycles. The van der Waals surface area contributed by atoms with E-state index >= 15 is 0 Å². The van der Waals surface area contributed by atoms with Gasteiger partial charge in [-0.3, -0.25) is 18.2 Å². The van der Waals surface area contributed by atoms with E-state index < -0.39 is 134 Å². The van der Waals surface area contributed by atoms with Crippen molar-refractivity contribution in [3.8, 4) is 11.5 Å². The third-order valence-corrected chi connectivity index (χ3v) is 13.5. The molecule has 59 heavy (non-hydrogen) atoms. The number of aromatic hydroxyl groups is 1. The number of nitrogens with zero attached hydrogens (tertiary/aromatic N) is 4. The average Bonchev–Trinajstić information content (AvgIpc) is 3.10. The van der Waals surface area contributed by atoms with E-state index in [4.69, 9.17) is 13.8 Å². The van der Waals surface area contributed by atoms with Crippen LogP contribution in [0.5, 0.6) is 11.5 Å². The van der Waals surface area contributed by atoms with Crippen LogP contribution in [-0.2, 0) is 69.1 Å². The summed E-state index contributed by atoms with van der Waals surface area (Å²) in [6.45, 7) is -2.05. The van der Waals surface area contributed by atoms with Gasteiger partial charge in [-0.1, -0.05) is 0 Å². The lowest BCUT2D eigenvalue weighted by Gasteiger charge is -2.15. The zero-order valence-corrected chi connectivity index (χ0v) is 34.5. The summed E-state index contributed by atoms with van der Waals surface area (Å²) >= 11 is 0. The van der Waals surface area contributed by atoms with Crippen molar-refractivity contribution in [2.75, 3.05) is 44.2 Å². The number of methoxy groups -OCH3 is 1.